The smallest absolute Gasteiger partial charge is 0.241 e. The third-order valence-corrected chi connectivity index (χ3v) is 5.76. The summed E-state index contributed by atoms with van der Waals surface area (Å²) < 4.78 is 27.8. The Hall–Kier alpha value is -0.910. The van der Waals surface area contributed by atoms with Crippen LogP contribution in [-0.4, -0.2) is 20.5 Å². The van der Waals surface area contributed by atoms with E-state index in [4.69, 9.17) is 0 Å². The summed E-state index contributed by atoms with van der Waals surface area (Å²) in [7, 11) is -3.46. The first-order valence-electron chi connectivity index (χ1n) is 7.65. The molecule has 1 aromatic rings. The Balaban J connectivity index is 2.17. The molecule has 2 N–H and O–H groups in total. The molecule has 1 aromatic carbocycles. The first kappa shape index (κ1) is 16.5. The van der Waals surface area contributed by atoms with Gasteiger partial charge in [0.2, 0.25) is 10.0 Å². The lowest BCUT2D eigenvalue weighted by molar-refractivity contribution is 0.476. The molecule has 0 radical (unpaired) electrons. The van der Waals surface area contributed by atoms with E-state index in [0.29, 0.717) is 10.9 Å². The Morgan fingerprint density at radius 1 is 1.24 bits per heavy atom. The molecular weight excluding hydrogens is 284 g/mol. The van der Waals surface area contributed by atoms with Gasteiger partial charge in [0.1, 0.15) is 0 Å². The van der Waals surface area contributed by atoms with E-state index in [1.165, 1.54) is 12.8 Å². The van der Waals surface area contributed by atoms with Crippen LogP contribution >= 0.6 is 0 Å². The number of hydrogen-bond donors (Lipinski definition) is 2. The quantitative estimate of drug-likeness (QED) is 0.814. The fraction of sp³-hybridized carbons (Fsp3) is 0.625. The summed E-state index contributed by atoms with van der Waals surface area (Å²) in [6.07, 6.45) is 2.45. The molecule has 118 valence electrons. The minimum absolute atomic E-state index is 0.0809. The molecule has 1 fully saturated rings. The van der Waals surface area contributed by atoms with Crippen molar-refractivity contribution >= 4 is 10.0 Å². The molecule has 2 rings (SSSR count). The van der Waals surface area contributed by atoms with E-state index in [0.717, 1.165) is 17.7 Å². The third kappa shape index (κ3) is 4.53. The van der Waals surface area contributed by atoms with Crippen LogP contribution in [0.25, 0.3) is 0 Å². The van der Waals surface area contributed by atoms with Gasteiger partial charge in [-0.2, -0.15) is 0 Å². The molecule has 21 heavy (non-hydrogen) atoms. The molecule has 0 aliphatic heterocycles. The molecule has 4 nitrogen and oxygen atoms in total. The van der Waals surface area contributed by atoms with Gasteiger partial charge in [-0.1, -0.05) is 26.0 Å². The second-order valence-electron chi connectivity index (χ2n) is 6.41. The van der Waals surface area contributed by atoms with E-state index >= 15 is 0 Å². The summed E-state index contributed by atoms with van der Waals surface area (Å²) >= 11 is 0. The Bertz CT molecular complexity index is 592. The summed E-state index contributed by atoms with van der Waals surface area (Å²) in [5, 5.41) is 3.41. The normalized spacial score (nSPS) is 17.2. The highest BCUT2D eigenvalue weighted by atomic mass is 32.2. The second-order valence-corrected chi connectivity index (χ2v) is 8.09. The van der Waals surface area contributed by atoms with Gasteiger partial charge in [0.25, 0.3) is 0 Å². The fourth-order valence-corrected chi connectivity index (χ4v) is 3.72. The molecule has 0 spiro atoms. The van der Waals surface area contributed by atoms with Crippen LogP contribution in [-0.2, 0) is 16.6 Å². The van der Waals surface area contributed by atoms with Crippen LogP contribution < -0.4 is 10.0 Å². The number of rotatable bonds is 7. The molecule has 1 aliphatic rings. The van der Waals surface area contributed by atoms with Crippen LogP contribution in [0.2, 0.25) is 0 Å². The van der Waals surface area contributed by atoms with Gasteiger partial charge in [-0.15, -0.1) is 0 Å². The predicted molar refractivity (Wildman–Crippen MR) is 85.7 cm³/mol. The minimum atomic E-state index is -3.46. The SMILES string of the molecule is Cc1ccc(CNC2CC2)cc1S(=O)(=O)NC(C)C(C)C. The van der Waals surface area contributed by atoms with Crippen LogP contribution in [0.1, 0.15) is 44.7 Å². The first-order valence-corrected chi connectivity index (χ1v) is 9.13. The van der Waals surface area contributed by atoms with Crippen molar-refractivity contribution in [2.75, 3.05) is 0 Å². The van der Waals surface area contributed by atoms with Gasteiger partial charge in [-0.3, -0.25) is 0 Å². The van der Waals surface area contributed by atoms with Crippen molar-refractivity contribution in [1.82, 2.24) is 10.0 Å². The van der Waals surface area contributed by atoms with Crippen LogP contribution in [0.4, 0.5) is 0 Å². The van der Waals surface area contributed by atoms with Crippen LogP contribution in [0.15, 0.2) is 23.1 Å². The number of aryl methyl sites for hydroxylation is 1. The first-order chi connectivity index (χ1) is 9.79. The summed E-state index contributed by atoms with van der Waals surface area (Å²) in [5.74, 6) is 0.264. The number of sulfonamides is 1. The molecule has 1 unspecified atom stereocenters. The monoisotopic (exact) mass is 310 g/mol. The Kier molecular flexibility index (Phi) is 5.07. The van der Waals surface area contributed by atoms with Crippen molar-refractivity contribution in [3.8, 4) is 0 Å². The lowest BCUT2D eigenvalue weighted by atomic mass is 10.1. The van der Waals surface area contributed by atoms with Gasteiger partial charge in [0.05, 0.1) is 4.90 Å². The zero-order valence-electron chi connectivity index (χ0n) is 13.3. The van der Waals surface area contributed by atoms with E-state index in [1.807, 2.05) is 39.8 Å². The van der Waals surface area contributed by atoms with Gasteiger partial charge in [-0.25, -0.2) is 13.1 Å². The maximum absolute atomic E-state index is 12.5. The maximum Gasteiger partial charge on any atom is 0.241 e. The zero-order chi connectivity index (χ0) is 15.6. The van der Waals surface area contributed by atoms with E-state index in [-0.39, 0.29) is 12.0 Å². The molecule has 0 saturated heterocycles. The maximum atomic E-state index is 12.5. The zero-order valence-corrected chi connectivity index (χ0v) is 14.1. The average molecular weight is 310 g/mol. The molecule has 0 bridgehead atoms. The van der Waals surface area contributed by atoms with Gasteiger partial charge >= 0.3 is 0 Å². The highest BCUT2D eigenvalue weighted by molar-refractivity contribution is 7.89. The largest absolute Gasteiger partial charge is 0.310 e. The topological polar surface area (TPSA) is 58.2 Å². The molecular formula is C16H26N2O2S. The van der Waals surface area contributed by atoms with Crippen molar-refractivity contribution in [3.63, 3.8) is 0 Å². The standard InChI is InChI=1S/C16H26N2O2S/c1-11(2)13(4)18-21(19,20)16-9-14(6-5-12(16)3)10-17-15-7-8-15/h5-6,9,11,13,15,17-18H,7-8,10H2,1-4H3. The Labute approximate surface area is 128 Å². The molecule has 0 aromatic heterocycles. The highest BCUT2D eigenvalue weighted by Crippen LogP contribution is 2.21. The average Bonchev–Trinajstić information content (AvgIpc) is 3.21. The van der Waals surface area contributed by atoms with E-state index in [2.05, 4.69) is 10.0 Å². The van der Waals surface area contributed by atoms with Crippen molar-refractivity contribution in [3.05, 3.63) is 29.3 Å². The van der Waals surface area contributed by atoms with E-state index in [9.17, 15) is 8.42 Å². The van der Waals surface area contributed by atoms with Crippen LogP contribution in [0.5, 0.6) is 0 Å². The lowest BCUT2D eigenvalue weighted by Gasteiger charge is -2.19. The molecule has 5 heteroatoms. The number of nitrogens with one attached hydrogen (secondary N) is 2. The summed E-state index contributed by atoms with van der Waals surface area (Å²) in [6, 6.07) is 6.21. The van der Waals surface area contributed by atoms with Crippen molar-refractivity contribution in [2.45, 2.75) is 64.1 Å². The lowest BCUT2D eigenvalue weighted by Crippen LogP contribution is -2.36. The van der Waals surface area contributed by atoms with Crippen molar-refractivity contribution in [1.29, 1.82) is 0 Å². The van der Waals surface area contributed by atoms with Gasteiger partial charge in [0.15, 0.2) is 0 Å². The van der Waals surface area contributed by atoms with Crippen LogP contribution in [0.3, 0.4) is 0 Å². The van der Waals surface area contributed by atoms with Crippen molar-refractivity contribution in [2.24, 2.45) is 5.92 Å². The second kappa shape index (κ2) is 6.46. The Morgan fingerprint density at radius 3 is 2.48 bits per heavy atom. The van der Waals surface area contributed by atoms with Gasteiger partial charge in [-0.05, 0) is 49.8 Å². The molecule has 1 aliphatic carbocycles. The molecule has 1 atom stereocenters. The van der Waals surface area contributed by atoms with Gasteiger partial charge < -0.3 is 5.32 Å². The highest BCUT2D eigenvalue weighted by Gasteiger charge is 2.23. The summed E-state index contributed by atoms with van der Waals surface area (Å²) in [4.78, 5) is 0.394. The summed E-state index contributed by atoms with van der Waals surface area (Å²) in [5.41, 5.74) is 1.80. The predicted octanol–water partition coefficient (Wildman–Crippen LogP) is 2.57. The summed E-state index contributed by atoms with van der Waals surface area (Å²) in [6.45, 7) is 8.49. The van der Waals surface area contributed by atoms with Crippen molar-refractivity contribution < 1.29 is 8.42 Å². The molecule has 0 amide bonds. The van der Waals surface area contributed by atoms with E-state index < -0.39 is 10.0 Å². The van der Waals surface area contributed by atoms with E-state index in [1.54, 1.807) is 6.07 Å². The van der Waals surface area contributed by atoms with Gasteiger partial charge in [0, 0.05) is 18.6 Å². The Morgan fingerprint density at radius 2 is 1.90 bits per heavy atom. The minimum Gasteiger partial charge on any atom is -0.310 e. The third-order valence-electron chi connectivity index (χ3n) is 4.06. The molecule has 1 saturated carbocycles. The van der Waals surface area contributed by atoms with Crippen LogP contribution in [0, 0.1) is 12.8 Å². The fourth-order valence-electron chi connectivity index (χ4n) is 2.04. The molecule has 0 heterocycles. The number of hydrogen-bond acceptors (Lipinski definition) is 3. The number of benzene rings is 1.